The summed E-state index contributed by atoms with van der Waals surface area (Å²) in [6.07, 6.45) is 0. The van der Waals surface area contributed by atoms with Gasteiger partial charge in [0.15, 0.2) is 0 Å². The van der Waals surface area contributed by atoms with E-state index < -0.39 is 0 Å². The summed E-state index contributed by atoms with van der Waals surface area (Å²) in [6, 6.07) is 8.11. The molecule has 0 atom stereocenters. The van der Waals surface area contributed by atoms with Crippen molar-refractivity contribution in [3.05, 3.63) is 24.3 Å². The summed E-state index contributed by atoms with van der Waals surface area (Å²) in [5.41, 5.74) is 1.19. The highest BCUT2D eigenvalue weighted by molar-refractivity contribution is 5.58. The molecule has 0 unspecified atom stereocenters. The highest BCUT2D eigenvalue weighted by atomic mass is 16.5. The fourth-order valence-electron chi connectivity index (χ4n) is 1.31. The number of ether oxygens (including phenoxy) is 1. The molecule has 0 saturated heterocycles. The average Bonchev–Trinajstić information content (AvgIpc) is 2.35. The van der Waals surface area contributed by atoms with E-state index in [4.69, 9.17) is 4.74 Å². The van der Waals surface area contributed by atoms with Gasteiger partial charge in [0, 0.05) is 7.05 Å². The van der Waals surface area contributed by atoms with Crippen LogP contribution in [0, 0.1) is 0 Å². The van der Waals surface area contributed by atoms with Crippen LogP contribution < -0.4 is 9.64 Å². The van der Waals surface area contributed by atoms with Crippen molar-refractivity contribution < 1.29 is 4.74 Å². The van der Waals surface area contributed by atoms with Gasteiger partial charge in [-0.15, -0.1) is 0 Å². The standard InChI is InChI=1S/C9H11NO.2C2H6/c1-10-6-7-11-9-5-3-2-4-8(9)10;2*1-2/h2-5H,6-7H2,1H3;2*1-2H3. The fraction of sp³-hybridized carbons (Fsp3) is 0.538. The number of rotatable bonds is 0. The first-order chi connectivity index (χ1) is 7.38. The predicted octanol–water partition coefficient (Wildman–Crippen LogP) is 3.57. The molecule has 2 heteroatoms. The second-order valence-electron chi connectivity index (χ2n) is 2.74. The lowest BCUT2D eigenvalue weighted by molar-refractivity contribution is 0.311. The van der Waals surface area contributed by atoms with Crippen LogP contribution in [0.25, 0.3) is 0 Å². The van der Waals surface area contributed by atoms with Gasteiger partial charge in [0.2, 0.25) is 0 Å². The monoisotopic (exact) mass is 209 g/mol. The van der Waals surface area contributed by atoms with Crippen LogP contribution in [0.5, 0.6) is 5.75 Å². The van der Waals surface area contributed by atoms with Crippen LogP contribution in [-0.2, 0) is 0 Å². The molecule has 1 heterocycles. The molecule has 1 aromatic rings. The third kappa shape index (κ3) is 3.82. The molecule has 0 amide bonds. The van der Waals surface area contributed by atoms with Gasteiger partial charge < -0.3 is 9.64 Å². The summed E-state index contributed by atoms with van der Waals surface area (Å²) >= 11 is 0. The largest absolute Gasteiger partial charge is 0.490 e. The van der Waals surface area contributed by atoms with Crippen LogP contribution in [0.2, 0.25) is 0 Å². The second-order valence-corrected chi connectivity index (χ2v) is 2.74. The SMILES string of the molecule is CC.CC.CN1CCOc2ccccc21. The van der Waals surface area contributed by atoms with E-state index in [0.717, 1.165) is 18.9 Å². The van der Waals surface area contributed by atoms with E-state index in [1.807, 2.05) is 45.9 Å². The third-order valence-corrected chi connectivity index (χ3v) is 1.96. The Morgan fingerprint density at radius 3 is 2.27 bits per heavy atom. The lowest BCUT2D eigenvalue weighted by atomic mass is 10.2. The number of nitrogens with zero attached hydrogens (tertiary/aromatic N) is 1. The van der Waals surface area contributed by atoms with Crippen LogP contribution in [-0.4, -0.2) is 20.2 Å². The summed E-state index contributed by atoms with van der Waals surface area (Å²) in [7, 11) is 2.08. The molecule has 0 radical (unpaired) electrons. The molecular formula is C13H23NO. The Labute approximate surface area is 93.9 Å². The maximum absolute atomic E-state index is 5.45. The Balaban J connectivity index is 0.000000442. The fourth-order valence-corrected chi connectivity index (χ4v) is 1.31. The zero-order valence-corrected chi connectivity index (χ0v) is 10.6. The van der Waals surface area contributed by atoms with E-state index in [0.29, 0.717) is 0 Å². The van der Waals surface area contributed by atoms with Gasteiger partial charge in [-0.1, -0.05) is 39.8 Å². The molecule has 1 aliphatic rings. The topological polar surface area (TPSA) is 12.5 Å². The molecule has 86 valence electrons. The normalized spacial score (nSPS) is 12.2. The molecular weight excluding hydrogens is 186 g/mol. The Morgan fingerprint density at radius 2 is 1.67 bits per heavy atom. The molecule has 2 nitrogen and oxygen atoms in total. The molecule has 0 saturated carbocycles. The zero-order valence-electron chi connectivity index (χ0n) is 10.6. The van der Waals surface area contributed by atoms with E-state index in [9.17, 15) is 0 Å². The van der Waals surface area contributed by atoms with Crippen molar-refractivity contribution in [3.63, 3.8) is 0 Å². The third-order valence-electron chi connectivity index (χ3n) is 1.96. The van der Waals surface area contributed by atoms with Crippen molar-refractivity contribution in [1.29, 1.82) is 0 Å². The smallest absolute Gasteiger partial charge is 0.142 e. The minimum Gasteiger partial charge on any atom is -0.490 e. The van der Waals surface area contributed by atoms with Crippen molar-refractivity contribution in [2.75, 3.05) is 25.1 Å². The first kappa shape index (κ1) is 13.8. The molecule has 0 N–H and O–H groups in total. The van der Waals surface area contributed by atoms with Gasteiger partial charge in [-0.3, -0.25) is 0 Å². The minimum absolute atomic E-state index is 0.799. The van der Waals surface area contributed by atoms with Gasteiger partial charge in [0.1, 0.15) is 12.4 Å². The number of hydrogen-bond donors (Lipinski definition) is 0. The van der Waals surface area contributed by atoms with E-state index in [1.165, 1.54) is 5.69 Å². The van der Waals surface area contributed by atoms with Crippen molar-refractivity contribution in [1.82, 2.24) is 0 Å². The summed E-state index contributed by atoms with van der Waals surface area (Å²) in [5.74, 6) is 1.00. The second kappa shape index (κ2) is 8.16. The molecule has 0 fully saturated rings. The van der Waals surface area contributed by atoms with E-state index in [-0.39, 0.29) is 0 Å². The number of fused-ring (bicyclic) bond motifs is 1. The lowest BCUT2D eigenvalue weighted by Crippen LogP contribution is -2.28. The van der Waals surface area contributed by atoms with Crippen molar-refractivity contribution in [3.8, 4) is 5.75 Å². The molecule has 1 aliphatic heterocycles. The molecule has 0 aliphatic carbocycles. The van der Waals surface area contributed by atoms with Crippen LogP contribution in [0.15, 0.2) is 24.3 Å². The van der Waals surface area contributed by atoms with Gasteiger partial charge in [-0.2, -0.15) is 0 Å². The van der Waals surface area contributed by atoms with Crippen molar-refractivity contribution in [2.24, 2.45) is 0 Å². The Morgan fingerprint density at radius 1 is 1.07 bits per heavy atom. The molecule has 0 spiro atoms. The first-order valence-electron chi connectivity index (χ1n) is 5.81. The van der Waals surface area contributed by atoms with Crippen molar-refractivity contribution >= 4 is 5.69 Å². The summed E-state index contributed by atoms with van der Waals surface area (Å²) < 4.78 is 5.45. The number of para-hydroxylation sites is 2. The first-order valence-corrected chi connectivity index (χ1v) is 5.81. The maximum atomic E-state index is 5.45. The van der Waals surface area contributed by atoms with Gasteiger partial charge in [0.25, 0.3) is 0 Å². The number of benzene rings is 1. The molecule has 2 rings (SSSR count). The van der Waals surface area contributed by atoms with Gasteiger partial charge in [0.05, 0.1) is 12.2 Å². The predicted molar refractivity (Wildman–Crippen MR) is 67.9 cm³/mol. The molecule has 0 bridgehead atoms. The van der Waals surface area contributed by atoms with Gasteiger partial charge >= 0.3 is 0 Å². The number of likely N-dealkylation sites (N-methyl/N-ethyl adjacent to an activating group) is 1. The molecule has 1 aromatic carbocycles. The van der Waals surface area contributed by atoms with Crippen molar-refractivity contribution in [2.45, 2.75) is 27.7 Å². The molecule has 0 aromatic heterocycles. The van der Waals surface area contributed by atoms with Gasteiger partial charge in [-0.25, -0.2) is 0 Å². The number of hydrogen-bond acceptors (Lipinski definition) is 2. The average molecular weight is 209 g/mol. The minimum atomic E-state index is 0.799. The Kier molecular flexibility index (Phi) is 7.51. The maximum Gasteiger partial charge on any atom is 0.142 e. The van der Waals surface area contributed by atoms with E-state index >= 15 is 0 Å². The van der Waals surface area contributed by atoms with E-state index in [1.54, 1.807) is 0 Å². The number of anilines is 1. The van der Waals surface area contributed by atoms with E-state index in [2.05, 4.69) is 18.0 Å². The van der Waals surface area contributed by atoms with Crippen LogP contribution in [0.1, 0.15) is 27.7 Å². The van der Waals surface area contributed by atoms with Crippen LogP contribution in [0.3, 0.4) is 0 Å². The summed E-state index contributed by atoms with van der Waals surface area (Å²) in [5, 5.41) is 0. The highest BCUT2D eigenvalue weighted by Gasteiger charge is 2.12. The lowest BCUT2D eigenvalue weighted by Gasteiger charge is -2.27. The quantitative estimate of drug-likeness (QED) is 0.647. The zero-order chi connectivity index (χ0) is 11.7. The highest BCUT2D eigenvalue weighted by Crippen LogP contribution is 2.29. The summed E-state index contributed by atoms with van der Waals surface area (Å²) in [6.45, 7) is 9.78. The Hall–Kier alpha value is -1.18. The molecule has 15 heavy (non-hydrogen) atoms. The Bertz CT molecular complexity index is 260. The van der Waals surface area contributed by atoms with Crippen LogP contribution >= 0.6 is 0 Å². The summed E-state index contributed by atoms with van der Waals surface area (Å²) in [4.78, 5) is 2.21. The van der Waals surface area contributed by atoms with Gasteiger partial charge in [-0.05, 0) is 12.1 Å². The van der Waals surface area contributed by atoms with Crippen LogP contribution in [0.4, 0.5) is 5.69 Å².